The monoisotopic (exact) mass is 420 g/mol. The highest BCUT2D eigenvalue weighted by Crippen LogP contribution is 2.29. The first kappa shape index (κ1) is 19.5. The number of alkyl halides is 3. The molecule has 0 bridgehead atoms. The second-order valence-corrected chi connectivity index (χ2v) is 7.95. The molecule has 27 heavy (non-hydrogen) atoms. The van der Waals surface area contributed by atoms with E-state index < -0.39 is 9.70 Å². The van der Waals surface area contributed by atoms with E-state index in [1.807, 2.05) is 54.6 Å². The molecule has 1 aromatic heterocycles. The summed E-state index contributed by atoms with van der Waals surface area (Å²) in [5.74, 6) is 0.0622. The number of ether oxygens (including phenoxy) is 1. The molecule has 0 fully saturated rings. The first-order chi connectivity index (χ1) is 12.9. The minimum atomic E-state index is -2.01. The van der Waals surface area contributed by atoms with E-state index in [-0.39, 0.29) is 0 Å². The zero-order chi connectivity index (χ0) is 19.4. The third-order valence-corrected chi connectivity index (χ3v) is 4.33. The molecule has 1 N–H and O–H groups in total. The van der Waals surface area contributed by atoms with Crippen molar-refractivity contribution in [2.75, 3.05) is 12.4 Å². The molecule has 0 spiro atoms. The molecule has 3 rings (SSSR count). The topological polar surface area (TPSA) is 51.2 Å². The normalized spacial score (nSPS) is 11.1. The Morgan fingerprint density at radius 1 is 0.926 bits per heavy atom. The van der Waals surface area contributed by atoms with Crippen molar-refractivity contribution in [1.82, 2.24) is 4.98 Å². The molecule has 0 radical (unpaired) electrons. The summed E-state index contributed by atoms with van der Waals surface area (Å²) in [7, 11) is 1.63. The molecule has 0 aliphatic carbocycles. The number of benzene rings is 2. The van der Waals surface area contributed by atoms with Crippen molar-refractivity contribution in [2.24, 2.45) is 0 Å². The van der Waals surface area contributed by atoms with Gasteiger partial charge in [-0.15, -0.1) is 0 Å². The number of halogens is 3. The van der Waals surface area contributed by atoms with Gasteiger partial charge in [-0.2, -0.15) is 0 Å². The Hall–Kier alpha value is -2.27. The highest BCUT2D eigenvalue weighted by molar-refractivity contribution is 6.76. The maximum absolute atomic E-state index is 11.7. The molecule has 1 heterocycles. The minimum absolute atomic E-state index is 0.527. The second-order valence-electron chi connectivity index (χ2n) is 5.67. The van der Waals surface area contributed by atoms with Crippen molar-refractivity contribution in [3.8, 4) is 28.3 Å². The Morgan fingerprint density at radius 3 is 2.19 bits per heavy atom. The van der Waals surface area contributed by atoms with Gasteiger partial charge in [-0.3, -0.25) is 4.79 Å². The van der Waals surface area contributed by atoms with Crippen molar-refractivity contribution in [3.05, 3.63) is 66.7 Å². The molecule has 2 aromatic carbocycles. The van der Waals surface area contributed by atoms with Gasteiger partial charge in [-0.1, -0.05) is 65.1 Å². The van der Waals surface area contributed by atoms with Gasteiger partial charge in [0.25, 0.3) is 9.70 Å². The van der Waals surface area contributed by atoms with Gasteiger partial charge < -0.3 is 10.1 Å². The van der Waals surface area contributed by atoms with Crippen LogP contribution < -0.4 is 10.1 Å². The maximum Gasteiger partial charge on any atom is 0.276 e. The lowest BCUT2D eigenvalue weighted by Crippen LogP contribution is -2.26. The summed E-state index contributed by atoms with van der Waals surface area (Å²) in [5.41, 5.74) is 4.02. The third-order valence-electron chi connectivity index (χ3n) is 3.81. The number of carbonyl (C=O) groups excluding carboxylic acids is 1. The van der Waals surface area contributed by atoms with E-state index in [1.165, 1.54) is 0 Å². The van der Waals surface area contributed by atoms with Crippen LogP contribution in [0.4, 0.5) is 5.69 Å². The molecule has 1 amide bonds. The van der Waals surface area contributed by atoms with Crippen LogP contribution in [-0.2, 0) is 4.79 Å². The summed E-state index contributed by atoms with van der Waals surface area (Å²) in [6.07, 6.45) is 0. The highest BCUT2D eigenvalue weighted by Gasteiger charge is 2.30. The predicted molar refractivity (Wildman–Crippen MR) is 111 cm³/mol. The van der Waals surface area contributed by atoms with Crippen molar-refractivity contribution >= 4 is 46.4 Å². The van der Waals surface area contributed by atoms with Crippen LogP contribution >= 0.6 is 34.8 Å². The maximum atomic E-state index is 11.7. The molecule has 0 atom stereocenters. The summed E-state index contributed by atoms with van der Waals surface area (Å²) >= 11 is 16.7. The van der Waals surface area contributed by atoms with Crippen molar-refractivity contribution in [3.63, 3.8) is 0 Å². The van der Waals surface area contributed by atoms with Crippen LogP contribution in [0.1, 0.15) is 0 Å². The molecule has 4 nitrogen and oxygen atoms in total. The lowest BCUT2D eigenvalue weighted by Gasteiger charge is -2.12. The predicted octanol–water partition coefficient (Wildman–Crippen LogP) is 5.73. The molecule has 0 unspecified atom stereocenters. The van der Waals surface area contributed by atoms with Gasteiger partial charge in [0.2, 0.25) is 0 Å². The van der Waals surface area contributed by atoms with Crippen LogP contribution in [0.25, 0.3) is 22.5 Å². The molecule has 7 heteroatoms. The lowest BCUT2D eigenvalue weighted by molar-refractivity contribution is -0.115. The first-order valence-corrected chi connectivity index (χ1v) is 9.10. The van der Waals surface area contributed by atoms with E-state index in [0.717, 1.165) is 28.3 Å². The number of amides is 1. The van der Waals surface area contributed by atoms with Crippen LogP contribution in [0.3, 0.4) is 0 Å². The van der Waals surface area contributed by atoms with Gasteiger partial charge in [-0.05, 0) is 36.4 Å². The fourth-order valence-electron chi connectivity index (χ4n) is 2.46. The fourth-order valence-corrected chi connectivity index (χ4v) is 2.61. The molecule has 0 saturated carbocycles. The number of nitrogens with one attached hydrogen (secondary N) is 1. The van der Waals surface area contributed by atoms with E-state index in [9.17, 15) is 4.79 Å². The molecule has 0 aliphatic heterocycles. The van der Waals surface area contributed by atoms with E-state index in [0.29, 0.717) is 5.69 Å². The van der Waals surface area contributed by atoms with Crippen molar-refractivity contribution in [1.29, 1.82) is 0 Å². The number of carbonyl (C=O) groups is 1. The van der Waals surface area contributed by atoms with Gasteiger partial charge in [0, 0.05) is 16.8 Å². The average Bonchev–Trinajstić information content (AvgIpc) is 2.68. The Kier molecular flexibility index (Phi) is 5.90. The molecule has 0 aliphatic rings. The van der Waals surface area contributed by atoms with Crippen LogP contribution in [0.2, 0.25) is 0 Å². The molecular weight excluding hydrogens is 407 g/mol. The molecule has 0 saturated heterocycles. The molecule has 3 aromatic rings. The number of methoxy groups -OCH3 is 1. The smallest absolute Gasteiger partial charge is 0.276 e. The van der Waals surface area contributed by atoms with E-state index >= 15 is 0 Å². The van der Waals surface area contributed by atoms with Crippen LogP contribution in [0.5, 0.6) is 5.75 Å². The summed E-state index contributed by atoms with van der Waals surface area (Å²) in [6, 6.07) is 20.6. The Labute approximate surface area is 172 Å². The fraction of sp³-hybridized carbons (Fsp3) is 0.100. The standard InChI is InChI=1S/C20H15Cl3N2O2/c1-27-16-5-2-4-14(12-16)18-7-3-6-17(25-18)13-8-10-15(11-9-13)24-19(26)20(21,22)23/h2-12H,1H3,(H,24,26). The summed E-state index contributed by atoms with van der Waals surface area (Å²) < 4.78 is 3.26. The Bertz CT molecular complexity index is 954. The molecular formula is C20H15Cl3N2O2. The van der Waals surface area contributed by atoms with Gasteiger partial charge in [0.05, 0.1) is 18.5 Å². The zero-order valence-corrected chi connectivity index (χ0v) is 16.5. The number of hydrogen-bond acceptors (Lipinski definition) is 3. The van der Waals surface area contributed by atoms with Gasteiger partial charge >= 0.3 is 0 Å². The number of aromatic nitrogens is 1. The average molecular weight is 422 g/mol. The van der Waals surface area contributed by atoms with Crippen molar-refractivity contribution in [2.45, 2.75) is 3.79 Å². The van der Waals surface area contributed by atoms with Gasteiger partial charge in [-0.25, -0.2) is 4.98 Å². The largest absolute Gasteiger partial charge is 0.497 e. The SMILES string of the molecule is COc1cccc(-c2cccc(-c3ccc(NC(=O)C(Cl)(Cl)Cl)cc3)n2)c1. The summed E-state index contributed by atoms with van der Waals surface area (Å²) in [5, 5.41) is 2.54. The lowest BCUT2D eigenvalue weighted by atomic mass is 10.1. The molecule has 138 valence electrons. The highest BCUT2D eigenvalue weighted by atomic mass is 35.6. The number of pyridine rings is 1. The summed E-state index contributed by atoms with van der Waals surface area (Å²) in [4.78, 5) is 16.4. The number of rotatable bonds is 4. The quantitative estimate of drug-likeness (QED) is 0.547. The zero-order valence-electron chi connectivity index (χ0n) is 14.2. The number of hydrogen-bond donors (Lipinski definition) is 1. The Balaban J connectivity index is 1.84. The van der Waals surface area contributed by atoms with E-state index in [2.05, 4.69) is 5.32 Å². The second kappa shape index (κ2) is 8.17. The number of anilines is 1. The van der Waals surface area contributed by atoms with Crippen LogP contribution in [-0.4, -0.2) is 21.8 Å². The van der Waals surface area contributed by atoms with Gasteiger partial charge in [0.1, 0.15) is 5.75 Å². The number of nitrogens with zero attached hydrogens (tertiary/aromatic N) is 1. The van der Waals surface area contributed by atoms with E-state index in [4.69, 9.17) is 44.5 Å². The summed E-state index contributed by atoms with van der Waals surface area (Å²) in [6.45, 7) is 0. The van der Waals surface area contributed by atoms with Gasteiger partial charge in [0.15, 0.2) is 0 Å². The van der Waals surface area contributed by atoms with Crippen LogP contribution in [0.15, 0.2) is 66.7 Å². The van der Waals surface area contributed by atoms with E-state index in [1.54, 1.807) is 19.2 Å². The van der Waals surface area contributed by atoms with Crippen LogP contribution in [0, 0.1) is 0 Å². The van der Waals surface area contributed by atoms with Crippen molar-refractivity contribution < 1.29 is 9.53 Å². The first-order valence-electron chi connectivity index (χ1n) is 7.97. The minimum Gasteiger partial charge on any atom is -0.497 e. The third kappa shape index (κ3) is 4.92. The Morgan fingerprint density at radius 2 is 1.56 bits per heavy atom.